The Morgan fingerprint density at radius 1 is 0.791 bits per heavy atom. The van der Waals surface area contributed by atoms with Crippen LogP contribution in [-0.2, 0) is 30.3 Å². The first kappa shape index (κ1) is 35.3. The molecule has 0 saturated carbocycles. The Labute approximate surface area is 256 Å². The summed E-state index contributed by atoms with van der Waals surface area (Å²) in [4.78, 5) is 55.5. The lowest BCUT2D eigenvalue weighted by molar-refractivity contribution is -0.159. The highest BCUT2D eigenvalue weighted by Gasteiger charge is 2.37. The van der Waals surface area contributed by atoms with E-state index in [9.17, 15) is 19.2 Å². The highest BCUT2D eigenvalue weighted by atomic mass is 16.6. The zero-order valence-corrected chi connectivity index (χ0v) is 26.9. The van der Waals surface area contributed by atoms with Crippen LogP contribution in [0.25, 0.3) is 0 Å². The number of nitrogens with one attached hydrogen (secondary N) is 2. The van der Waals surface area contributed by atoms with Crippen molar-refractivity contribution < 1.29 is 28.7 Å². The first-order valence-corrected chi connectivity index (χ1v) is 15.0. The molecule has 9 heteroatoms. The van der Waals surface area contributed by atoms with Crippen LogP contribution in [0.1, 0.15) is 91.8 Å². The van der Waals surface area contributed by atoms with E-state index in [4.69, 9.17) is 9.47 Å². The van der Waals surface area contributed by atoms with Crippen LogP contribution in [0.3, 0.4) is 0 Å². The number of hydrogen-bond donors (Lipinski definition) is 2. The van der Waals surface area contributed by atoms with E-state index in [1.807, 2.05) is 36.4 Å². The molecule has 236 valence electrons. The molecule has 0 saturated heterocycles. The van der Waals surface area contributed by atoms with Gasteiger partial charge in [-0.05, 0) is 66.0 Å². The minimum absolute atomic E-state index is 0.212. The van der Waals surface area contributed by atoms with Gasteiger partial charge in [-0.25, -0.2) is 9.59 Å². The predicted octanol–water partition coefficient (Wildman–Crippen LogP) is 5.73. The average molecular weight is 596 g/mol. The smallest absolute Gasteiger partial charge is 0.408 e. The van der Waals surface area contributed by atoms with Gasteiger partial charge in [0.25, 0.3) is 0 Å². The van der Waals surface area contributed by atoms with Crippen LogP contribution in [0.5, 0.6) is 0 Å². The SMILES string of the molecule is CCCCCN(C(=O)C(C)NC(=O)OC(C)(C)C)C(C(=O)NC(Cc1ccccc1)C(=O)OC(C)(C)C)c1ccccc1. The second-order valence-corrected chi connectivity index (χ2v) is 12.7. The zero-order chi connectivity index (χ0) is 32.2. The number of carbonyl (C=O) groups is 4. The molecule has 2 aromatic carbocycles. The fraction of sp³-hybridized carbons (Fsp3) is 0.529. The van der Waals surface area contributed by atoms with E-state index in [1.165, 1.54) is 4.90 Å². The van der Waals surface area contributed by atoms with E-state index in [1.54, 1.807) is 72.7 Å². The Kier molecular flexibility index (Phi) is 13.2. The average Bonchev–Trinajstić information content (AvgIpc) is 2.91. The molecule has 2 rings (SSSR count). The van der Waals surface area contributed by atoms with Gasteiger partial charge in [-0.2, -0.15) is 0 Å². The lowest BCUT2D eigenvalue weighted by Crippen LogP contribution is -2.54. The van der Waals surface area contributed by atoms with Crippen molar-refractivity contribution in [3.8, 4) is 0 Å². The van der Waals surface area contributed by atoms with Crippen LogP contribution >= 0.6 is 0 Å². The molecule has 0 radical (unpaired) electrons. The maximum absolute atomic E-state index is 14.2. The number of rotatable bonds is 13. The van der Waals surface area contributed by atoms with E-state index >= 15 is 0 Å². The van der Waals surface area contributed by atoms with Crippen LogP contribution < -0.4 is 10.6 Å². The van der Waals surface area contributed by atoms with E-state index in [0.717, 1.165) is 18.4 Å². The Balaban J connectivity index is 2.47. The molecule has 0 heterocycles. The van der Waals surface area contributed by atoms with Crippen LogP contribution in [0, 0.1) is 0 Å². The molecule has 0 aromatic heterocycles. The van der Waals surface area contributed by atoms with E-state index in [0.29, 0.717) is 12.0 Å². The maximum Gasteiger partial charge on any atom is 0.408 e. The van der Waals surface area contributed by atoms with Crippen molar-refractivity contribution in [1.82, 2.24) is 15.5 Å². The molecule has 43 heavy (non-hydrogen) atoms. The summed E-state index contributed by atoms with van der Waals surface area (Å²) in [5.74, 6) is -1.53. The minimum atomic E-state index is -1.06. The predicted molar refractivity (Wildman–Crippen MR) is 167 cm³/mol. The van der Waals surface area contributed by atoms with Crippen molar-refractivity contribution in [1.29, 1.82) is 0 Å². The molecule has 2 N–H and O–H groups in total. The third kappa shape index (κ3) is 12.5. The number of carbonyl (C=O) groups excluding carboxylic acids is 4. The van der Waals surface area contributed by atoms with Gasteiger partial charge in [0.05, 0.1) is 0 Å². The summed E-state index contributed by atoms with van der Waals surface area (Å²) in [6, 6.07) is 15.3. The molecule has 3 unspecified atom stereocenters. The normalized spacial score (nSPS) is 13.7. The van der Waals surface area contributed by atoms with E-state index < -0.39 is 53.2 Å². The summed E-state index contributed by atoms with van der Waals surface area (Å²) in [7, 11) is 0. The Hall–Kier alpha value is -3.88. The Bertz CT molecular complexity index is 1190. The number of hydrogen-bond acceptors (Lipinski definition) is 6. The number of ether oxygens (including phenoxy) is 2. The molecular weight excluding hydrogens is 546 g/mol. The Morgan fingerprint density at radius 3 is 1.88 bits per heavy atom. The lowest BCUT2D eigenvalue weighted by Gasteiger charge is -2.34. The number of amides is 3. The van der Waals surface area contributed by atoms with Crippen molar-refractivity contribution >= 4 is 23.9 Å². The van der Waals surface area contributed by atoms with Crippen LogP contribution in [0.4, 0.5) is 4.79 Å². The fourth-order valence-corrected chi connectivity index (χ4v) is 4.47. The molecule has 9 nitrogen and oxygen atoms in total. The van der Waals surface area contributed by atoms with Gasteiger partial charge in [-0.1, -0.05) is 80.4 Å². The largest absolute Gasteiger partial charge is 0.458 e. The second-order valence-electron chi connectivity index (χ2n) is 12.7. The Morgan fingerprint density at radius 2 is 1.35 bits per heavy atom. The van der Waals surface area contributed by atoms with Crippen LogP contribution in [-0.4, -0.2) is 58.6 Å². The molecule has 0 fully saturated rings. The van der Waals surface area contributed by atoms with Crippen molar-refractivity contribution in [2.24, 2.45) is 0 Å². The standard InChI is InChI=1S/C34H49N3O6/c1-9-10-17-22-37(30(39)24(2)35-32(41)43-34(6,7)8)28(26-20-15-12-16-21-26)29(38)36-27(31(40)42-33(3,4)5)23-25-18-13-11-14-19-25/h11-16,18-21,24,27-28H,9-10,17,22-23H2,1-8H3,(H,35,41)(H,36,38). The highest BCUT2D eigenvalue weighted by molar-refractivity contribution is 5.93. The molecular formula is C34H49N3O6. The first-order valence-electron chi connectivity index (χ1n) is 15.0. The van der Waals surface area contributed by atoms with Gasteiger partial charge in [-0.15, -0.1) is 0 Å². The summed E-state index contributed by atoms with van der Waals surface area (Å²) in [6.45, 7) is 14.4. The van der Waals surface area contributed by atoms with Gasteiger partial charge in [0, 0.05) is 13.0 Å². The summed E-state index contributed by atoms with van der Waals surface area (Å²) in [5, 5.41) is 5.52. The van der Waals surface area contributed by atoms with Gasteiger partial charge in [0.2, 0.25) is 11.8 Å². The second kappa shape index (κ2) is 16.1. The van der Waals surface area contributed by atoms with Gasteiger partial charge >= 0.3 is 12.1 Å². The monoisotopic (exact) mass is 595 g/mol. The molecule has 2 aromatic rings. The van der Waals surface area contributed by atoms with Gasteiger partial charge in [0.15, 0.2) is 0 Å². The fourth-order valence-electron chi connectivity index (χ4n) is 4.47. The first-order chi connectivity index (χ1) is 20.1. The summed E-state index contributed by atoms with van der Waals surface area (Å²) < 4.78 is 11.0. The molecule has 0 spiro atoms. The third-order valence-electron chi connectivity index (χ3n) is 6.36. The summed E-state index contributed by atoms with van der Waals surface area (Å²) >= 11 is 0. The van der Waals surface area contributed by atoms with Crippen LogP contribution in [0.2, 0.25) is 0 Å². The molecule has 3 atom stereocenters. The molecule has 0 bridgehead atoms. The quantitative estimate of drug-likeness (QED) is 0.226. The molecule has 3 amide bonds. The number of esters is 1. The van der Waals surface area contributed by atoms with Crippen molar-refractivity contribution in [3.05, 3.63) is 71.8 Å². The zero-order valence-electron chi connectivity index (χ0n) is 26.9. The molecule has 0 aliphatic carbocycles. The summed E-state index contributed by atoms with van der Waals surface area (Å²) in [6.07, 6.45) is 1.89. The van der Waals surface area contributed by atoms with Crippen molar-refractivity contribution in [3.63, 3.8) is 0 Å². The third-order valence-corrected chi connectivity index (χ3v) is 6.36. The number of nitrogens with zero attached hydrogens (tertiary/aromatic N) is 1. The molecule has 0 aliphatic heterocycles. The van der Waals surface area contributed by atoms with Crippen LogP contribution in [0.15, 0.2) is 60.7 Å². The number of benzene rings is 2. The van der Waals surface area contributed by atoms with Crippen molar-refractivity contribution in [2.75, 3.05) is 6.54 Å². The topological polar surface area (TPSA) is 114 Å². The molecule has 0 aliphatic rings. The van der Waals surface area contributed by atoms with Gasteiger partial charge < -0.3 is 25.0 Å². The highest BCUT2D eigenvalue weighted by Crippen LogP contribution is 2.24. The number of alkyl carbamates (subject to hydrolysis) is 1. The van der Waals surface area contributed by atoms with E-state index in [2.05, 4.69) is 17.6 Å². The summed E-state index contributed by atoms with van der Waals surface area (Å²) in [5.41, 5.74) is -0.0753. The minimum Gasteiger partial charge on any atom is -0.458 e. The maximum atomic E-state index is 14.2. The van der Waals surface area contributed by atoms with Gasteiger partial charge in [0.1, 0.15) is 29.3 Å². The van der Waals surface area contributed by atoms with Gasteiger partial charge in [-0.3, -0.25) is 9.59 Å². The number of unbranched alkanes of at least 4 members (excludes halogenated alkanes) is 2. The van der Waals surface area contributed by atoms with Crippen molar-refractivity contribution in [2.45, 2.75) is 110 Å². The lowest BCUT2D eigenvalue weighted by atomic mass is 10.0. The van der Waals surface area contributed by atoms with E-state index in [-0.39, 0.29) is 13.0 Å².